The SMILES string of the molecule is CC(C)n1c(Nc2ccc3ncccc3c2)nc2c(N)ncnc21. The molecule has 3 aromatic heterocycles. The number of nitrogen functional groups attached to an aromatic ring is 1. The van der Waals surface area contributed by atoms with Crippen LogP contribution >= 0.6 is 0 Å². The molecular weight excluding hydrogens is 302 g/mol. The molecule has 7 heteroatoms. The van der Waals surface area contributed by atoms with Crippen LogP contribution in [0.3, 0.4) is 0 Å². The van der Waals surface area contributed by atoms with E-state index in [1.54, 1.807) is 6.20 Å². The molecule has 0 saturated carbocycles. The number of pyridine rings is 1. The Morgan fingerprint density at radius 1 is 1.12 bits per heavy atom. The number of hydrogen-bond donors (Lipinski definition) is 2. The maximum Gasteiger partial charge on any atom is 0.210 e. The predicted octanol–water partition coefficient (Wildman–Crippen LogP) is 3.28. The number of fused-ring (bicyclic) bond motifs is 2. The van der Waals surface area contributed by atoms with E-state index < -0.39 is 0 Å². The smallest absolute Gasteiger partial charge is 0.210 e. The van der Waals surface area contributed by atoms with Crippen LogP contribution in [-0.2, 0) is 0 Å². The summed E-state index contributed by atoms with van der Waals surface area (Å²) in [6.07, 6.45) is 3.25. The first-order chi connectivity index (χ1) is 11.6. The number of nitrogens with one attached hydrogen (secondary N) is 1. The molecule has 120 valence electrons. The van der Waals surface area contributed by atoms with Gasteiger partial charge in [-0.1, -0.05) is 6.07 Å². The zero-order chi connectivity index (χ0) is 16.7. The molecule has 0 aliphatic carbocycles. The maximum absolute atomic E-state index is 5.94. The Kier molecular flexibility index (Phi) is 3.26. The van der Waals surface area contributed by atoms with E-state index in [2.05, 4.69) is 39.1 Å². The van der Waals surface area contributed by atoms with Crippen molar-refractivity contribution < 1.29 is 0 Å². The average molecular weight is 319 g/mol. The quantitative estimate of drug-likeness (QED) is 0.602. The Labute approximate surface area is 138 Å². The number of hydrogen-bond acceptors (Lipinski definition) is 6. The van der Waals surface area contributed by atoms with Crippen LogP contribution in [-0.4, -0.2) is 24.5 Å². The molecule has 3 heterocycles. The number of rotatable bonds is 3. The van der Waals surface area contributed by atoms with Crippen molar-refractivity contribution in [1.29, 1.82) is 0 Å². The van der Waals surface area contributed by atoms with Gasteiger partial charge in [0.2, 0.25) is 5.95 Å². The van der Waals surface area contributed by atoms with Crippen molar-refractivity contribution in [3.05, 3.63) is 42.9 Å². The van der Waals surface area contributed by atoms with Gasteiger partial charge >= 0.3 is 0 Å². The van der Waals surface area contributed by atoms with Crippen LogP contribution in [0.15, 0.2) is 42.9 Å². The minimum atomic E-state index is 0.175. The van der Waals surface area contributed by atoms with Crippen LogP contribution in [0.4, 0.5) is 17.5 Å². The number of nitrogens with zero attached hydrogens (tertiary/aromatic N) is 5. The molecule has 0 amide bonds. The second-order valence-corrected chi connectivity index (χ2v) is 5.87. The largest absolute Gasteiger partial charge is 0.382 e. The second kappa shape index (κ2) is 5.45. The number of anilines is 3. The molecule has 0 fully saturated rings. The molecule has 0 spiro atoms. The van der Waals surface area contributed by atoms with Gasteiger partial charge in [-0.05, 0) is 38.1 Å². The molecule has 0 radical (unpaired) electrons. The van der Waals surface area contributed by atoms with Crippen LogP contribution in [0.25, 0.3) is 22.1 Å². The van der Waals surface area contributed by atoms with Gasteiger partial charge in [0.1, 0.15) is 6.33 Å². The Hall–Kier alpha value is -3.22. The van der Waals surface area contributed by atoms with Crippen molar-refractivity contribution in [3.8, 4) is 0 Å². The predicted molar refractivity (Wildman–Crippen MR) is 95.1 cm³/mol. The zero-order valence-corrected chi connectivity index (χ0v) is 13.4. The van der Waals surface area contributed by atoms with Crippen molar-refractivity contribution in [1.82, 2.24) is 24.5 Å². The molecule has 0 atom stereocenters. The molecule has 0 aliphatic heterocycles. The van der Waals surface area contributed by atoms with Crippen molar-refractivity contribution in [2.24, 2.45) is 0 Å². The van der Waals surface area contributed by atoms with Gasteiger partial charge in [-0.3, -0.25) is 9.55 Å². The molecule has 4 aromatic rings. The van der Waals surface area contributed by atoms with Crippen LogP contribution in [0.5, 0.6) is 0 Å². The summed E-state index contributed by atoms with van der Waals surface area (Å²) in [5.41, 5.74) is 9.16. The van der Waals surface area contributed by atoms with E-state index in [9.17, 15) is 0 Å². The van der Waals surface area contributed by atoms with E-state index in [1.165, 1.54) is 6.33 Å². The van der Waals surface area contributed by atoms with Crippen molar-refractivity contribution in [2.45, 2.75) is 19.9 Å². The lowest BCUT2D eigenvalue weighted by atomic mass is 10.2. The van der Waals surface area contributed by atoms with E-state index in [0.717, 1.165) is 22.2 Å². The molecule has 4 rings (SSSR count). The van der Waals surface area contributed by atoms with Gasteiger partial charge < -0.3 is 11.1 Å². The molecule has 1 aromatic carbocycles. The average Bonchev–Trinajstić information content (AvgIpc) is 2.94. The first-order valence-corrected chi connectivity index (χ1v) is 7.73. The summed E-state index contributed by atoms with van der Waals surface area (Å²) >= 11 is 0. The minimum absolute atomic E-state index is 0.175. The van der Waals surface area contributed by atoms with Gasteiger partial charge in [0, 0.05) is 23.3 Å². The third-order valence-electron chi connectivity index (χ3n) is 3.88. The number of imidazole rings is 1. The molecule has 0 unspecified atom stereocenters. The number of aromatic nitrogens is 5. The summed E-state index contributed by atoms with van der Waals surface area (Å²) in [6, 6.07) is 10.1. The highest BCUT2D eigenvalue weighted by atomic mass is 15.3. The van der Waals surface area contributed by atoms with Gasteiger partial charge in [-0.2, -0.15) is 0 Å². The Morgan fingerprint density at radius 3 is 2.83 bits per heavy atom. The van der Waals surface area contributed by atoms with Gasteiger partial charge in [0.25, 0.3) is 0 Å². The summed E-state index contributed by atoms with van der Waals surface area (Å²) in [7, 11) is 0. The number of nitrogens with two attached hydrogens (primary N) is 1. The van der Waals surface area contributed by atoms with Crippen LogP contribution in [0, 0.1) is 0 Å². The minimum Gasteiger partial charge on any atom is -0.382 e. The first kappa shape index (κ1) is 14.4. The molecule has 0 saturated heterocycles. The number of benzene rings is 1. The van der Waals surface area contributed by atoms with E-state index in [-0.39, 0.29) is 6.04 Å². The second-order valence-electron chi connectivity index (χ2n) is 5.87. The summed E-state index contributed by atoms with van der Waals surface area (Å²) in [4.78, 5) is 17.3. The maximum atomic E-state index is 5.94. The third-order valence-corrected chi connectivity index (χ3v) is 3.88. The molecule has 7 nitrogen and oxygen atoms in total. The lowest BCUT2D eigenvalue weighted by Crippen LogP contribution is -2.07. The normalized spacial score (nSPS) is 11.5. The monoisotopic (exact) mass is 319 g/mol. The first-order valence-electron chi connectivity index (χ1n) is 7.73. The highest BCUT2D eigenvalue weighted by molar-refractivity contribution is 5.86. The van der Waals surface area contributed by atoms with Gasteiger partial charge in [-0.15, -0.1) is 0 Å². The fourth-order valence-electron chi connectivity index (χ4n) is 2.79. The van der Waals surface area contributed by atoms with Crippen LogP contribution in [0.2, 0.25) is 0 Å². The molecule has 0 bridgehead atoms. The molecule has 0 aliphatic rings. The lowest BCUT2D eigenvalue weighted by Gasteiger charge is -2.13. The topological polar surface area (TPSA) is 94.5 Å². The van der Waals surface area contributed by atoms with E-state index in [0.29, 0.717) is 17.3 Å². The van der Waals surface area contributed by atoms with Crippen molar-refractivity contribution in [2.75, 3.05) is 11.1 Å². The van der Waals surface area contributed by atoms with Crippen LogP contribution in [0.1, 0.15) is 19.9 Å². The Balaban J connectivity index is 1.83. The molecular formula is C17H17N7. The van der Waals surface area contributed by atoms with Crippen LogP contribution < -0.4 is 11.1 Å². The fraction of sp³-hybridized carbons (Fsp3) is 0.176. The highest BCUT2D eigenvalue weighted by Gasteiger charge is 2.17. The summed E-state index contributed by atoms with van der Waals surface area (Å²) in [6.45, 7) is 4.16. The summed E-state index contributed by atoms with van der Waals surface area (Å²) in [5, 5.41) is 4.43. The third kappa shape index (κ3) is 2.30. The van der Waals surface area contributed by atoms with Crippen molar-refractivity contribution in [3.63, 3.8) is 0 Å². The summed E-state index contributed by atoms with van der Waals surface area (Å²) in [5.74, 6) is 1.07. The Morgan fingerprint density at radius 2 is 2.00 bits per heavy atom. The van der Waals surface area contributed by atoms with E-state index >= 15 is 0 Å². The zero-order valence-electron chi connectivity index (χ0n) is 13.4. The summed E-state index contributed by atoms with van der Waals surface area (Å²) < 4.78 is 2.01. The van der Waals surface area contributed by atoms with E-state index in [1.807, 2.05) is 34.9 Å². The lowest BCUT2D eigenvalue weighted by molar-refractivity contribution is 0.620. The standard InChI is InChI=1S/C17H17N7/c1-10(2)24-16-14(15(18)20-9-21-16)23-17(24)22-12-5-6-13-11(8-12)4-3-7-19-13/h3-10H,1-2H3,(H,22,23)(H2,18,20,21). The Bertz CT molecular complexity index is 1040. The molecule has 24 heavy (non-hydrogen) atoms. The highest BCUT2D eigenvalue weighted by Crippen LogP contribution is 2.28. The van der Waals surface area contributed by atoms with Gasteiger partial charge in [-0.25, -0.2) is 15.0 Å². The van der Waals surface area contributed by atoms with Gasteiger partial charge in [0.05, 0.1) is 5.52 Å². The molecule has 3 N–H and O–H groups in total. The van der Waals surface area contributed by atoms with Gasteiger partial charge in [0.15, 0.2) is 17.0 Å². The van der Waals surface area contributed by atoms with Crippen molar-refractivity contribution >= 4 is 39.5 Å². The fourth-order valence-corrected chi connectivity index (χ4v) is 2.79. The van der Waals surface area contributed by atoms with E-state index in [4.69, 9.17) is 5.73 Å².